The lowest BCUT2D eigenvalue weighted by Crippen LogP contribution is -2.19. The van der Waals surface area contributed by atoms with Gasteiger partial charge >= 0.3 is 5.97 Å². The van der Waals surface area contributed by atoms with Gasteiger partial charge in [-0.25, -0.2) is 4.79 Å². The van der Waals surface area contributed by atoms with Gasteiger partial charge in [0, 0.05) is 6.20 Å². The number of nitrogens with zero attached hydrogens (tertiary/aromatic N) is 3. The molecule has 0 aliphatic heterocycles. The molecule has 0 saturated carbocycles. The molecule has 0 amide bonds. The quantitative estimate of drug-likeness (QED) is 0.394. The van der Waals surface area contributed by atoms with Gasteiger partial charge in [-0.1, -0.05) is 24.3 Å². The summed E-state index contributed by atoms with van der Waals surface area (Å²) in [6, 6.07) is 15.6. The molecule has 0 aliphatic carbocycles. The molecule has 0 aliphatic rings. The Hall–Kier alpha value is -3.92. The van der Waals surface area contributed by atoms with Crippen LogP contribution in [0.4, 0.5) is 0 Å². The molecule has 7 heteroatoms. The third-order valence-corrected chi connectivity index (χ3v) is 3.60. The van der Waals surface area contributed by atoms with Crippen LogP contribution in [0.1, 0.15) is 12.5 Å². The average molecular weight is 361 g/mol. The second kappa shape index (κ2) is 7.97. The van der Waals surface area contributed by atoms with Gasteiger partial charge in [-0.2, -0.15) is 10.2 Å². The van der Waals surface area contributed by atoms with Gasteiger partial charge in [0.25, 0.3) is 5.56 Å². The van der Waals surface area contributed by atoms with Crippen molar-refractivity contribution < 1.29 is 14.3 Å². The largest absolute Gasteiger partial charge is 0.462 e. The standard InChI is InChI=1S/C20H15N3O4/c1-2-26-20(25)14(13-21)12-16-18(27-15-8-4-3-5-9-15)22-17-10-6-7-11-23(17)19(16)24/h3-12H,2H2,1H3/b14-12+. The van der Waals surface area contributed by atoms with Gasteiger partial charge in [-0.05, 0) is 37.3 Å². The number of benzene rings is 1. The number of carbonyl (C=O) groups excluding carboxylic acids is 1. The summed E-state index contributed by atoms with van der Waals surface area (Å²) >= 11 is 0. The third-order valence-electron chi connectivity index (χ3n) is 3.60. The van der Waals surface area contributed by atoms with E-state index in [4.69, 9.17) is 9.47 Å². The smallest absolute Gasteiger partial charge is 0.348 e. The molecule has 0 spiro atoms. The Kier molecular flexibility index (Phi) is 5.28. The van der Waals surface area contributed by atoms with Crippen molar-refractivity contribution in [3.05, 3.63) is 76.2 Å². The molecule has 27 heavy (non-hydrogen) atoms. The molecule has 134 valence electrons. The van der Waals surface area contributed by atoms with E-state index in [-0.39, 0.29) is 23.6 Å². The molecule has 0 fully saturated rings. The van der Waals surface area contributed by atoms with E-state index in [0.717, 1.165) is 6.08 Å². The van der Waals surface area contributed by atoms with Crippen molar-refractivity contribution in [1.29, 1.82) is 5.26 Å². The molecule has 3 rings (SSSR count). The highest BCUT2D eigenvalue weighted by Crippen LogP contribution is 2.23. The minimum atomic E-state index is -0.816. The van der Waals surface area contributed by atoms with Gasteiger partial charge < -0.3 is 9.47 Å². The van der Waals surface area contributed by atoms with Crippen LogP contribution >= 0.6 is 0 Å². The first kappa shape index (κ1) is 17.9. The molecular weight excluding hydrogens is 346 g/mol. The van der Waals surface area contributed by atoms with Crippen molar-refractivity contribution in [3.8, 4) is 17.7 Å². The molecule has 1 aromatic carbocycles. The highest BCUT2D eigenvalue weighted by molar-refractivity contribution is 5.98. The number of pyridine rings is 1. The normalized spacial score (nSPS) is 11.0. The SMILES string of the molecule is CCOC(=O)/C(C#N)=C/c1c(Oc2ccccc2)nc2ccccn2c1=O. The number of hydrogen-bond acceptors (Lipinski definition) is 6. The van der Waals surface area contributed by atoms with E-state index in [2.05, 4.69) is 4.98 Å². The number of para-hydroxylation sites is 1. The topological polar surface area (TPSA) is 93.7 Å². The first-order valence-electron chi connectivity index (χ1n) is 8.17. The second-order valence-corrected chi connectivity index (χ2v) is 5.37. The second-order valence-electron chi connectivity index (χ2n) is 5.37. The van der Waals surface area contributed by atoms with Gasteiger partial charge in [-0.15, -0.1) is 0 Å². The zero-order valence-corrected chi connectivity index (χ0v) is 14.5. The maximum atomic E-state index is 12.9. The highest BCUT2D eigenvalue weighted by atomic mass is 16.5. The van der Waals surface area contributed by atoms with Crippen LogP contribution in [-0.4, -0.2) is 22.0 Å². The molecule has 2 aromatic heterocycles. The number of esters is 1. The number of carbonyl (C=O) groups is 1. The van der Waals surface area contributed by atoms with Crippen LogP contribution in [0, 0.1) is 11.3 Å². The van der Waals surface area contributed by atoms with Gasteiger partial charge in [-0.3, -0.25) is 9.20 Å². The Balaban J connectivity index is 2.21. The Bertz CT molecular complexity index is 1110. The average Bonchev–Trinajstić information content (AvgIpc) is 2.69. The van der Waals surface area contributed by atoms with Gasteiger partial charge in [0.2, 0.25) is 5.88 Å². The first-order valence-corrected chi connectivity index (χ1v) is 8.17. The lowest BCUT2D eigenvalue weighted by atomic mass is 10.2. The summed E-state index contributed by atoms with van der Waals surface area (Å²) in [6.45, 7) is 1.74. The summed E-state index contributed by atoms with van der Waals surface area (Å²) in [5.74, 6) is -0.355. The fraction of sp³-hybridized carbons (Fsp3) is 0.100. The van der Waals surface area contributed by atoms with Crippen molar-refractivity contribution in [2.75, 3.05) is 6.61 Å². The van der Waals surface area contributed by atoms with Crippen LogP contribution in [0.5, 0.6) is 11.6 Å². The summed E-state index contributed by atoms with van der Waals surface area (Å²) < 4.78 is 11.9. The summed E-state index contributed by atoms with van der Waals surface area (Å²) in [7, 11) is 0. The van der Waals surface area contributed by atoms with E-state index in [0.29, 0.717) is 11.4 Å². The summed E-state index contributed by atoms with van der Waals surface area (Å²) in [4.78, 5) is 29.2. The zero-order chi connectivity index (χ0) is 19.2. The Morgan fingerprint density at radius 3 is 2.67 bits per heavy atom. The summed E-state index contributed by atoms with van der Waals surface area (Å²) in [5, 5.41) is 9.28. The fourth-order valence-electron chi connectivity index (χ4n) is 2.37. The van der Waals surface area contributed by atoms with Crippen molar-refractivity contribution in [3.63, 3.8) is 0 Å². The molecule has 0 saturated heterocycles. The lowest BCUT2D eigenvalue weighted by Gasteiger charge is -2.10. The van der Waals surface area contributed by atoms with E-state index in [1.165, 1.54) is 4.40 Å². The molecular formula is C20H15N3O4. The van der Waals surface area contributed by atoms with Gasteiger partial charge in [0.1, 0.15) is 28.6 Å². The van der Waals surface area contributed by atoms with Gasteiger partial charge in [0.15, 0.2) is 0 Å². The highest BCUT2D eigenvalue weighted by Gasteiger charge is 2.17. The molecule has 0 atom stereocenters. The Morgan fingerprint density at radius 2 is 1.96 bits per heavy atom. The summed E-state index contributed by atoms with van der Waals surface area (Å²) in [5.41, 5.74) is -0.430. The van der Waals surface area contributed by atoms with Crippen molar-refractivity contribution in [2.24, 2.45) is 0 Å². The van der Waals surface area contributed by atoms with Crippen LogP contribution in [0.25, 0.3) is 11.7 Å². The van der Waals surface area contributed by atoms with Crippen LogP contribution in [-0.2, 0) is 9.53 Å². The van der Waals surface area contributed by atoms with Crippen LogP contribution in [0.2, 0.25) is 0 Å². The lowest BCUT2D eigenvalue weighted by molar-refractivity contribution is -0.137. The van der Waals surface area contributed by atoms with E-state index < -0.39 is 11.5 Å². The fourth-order valence-corrected chi connectivity index (χ4v) is 2.37. The first-order chi connectivity index (χ1) is 13.1. The van der Waals surface area contributed by atoms with E-state index >= 15 is 0 Å². The van der Waals surface area contributed by atoms with Crippen LogP contribution < -0.4 is 10.3 Å². The third kappa shape index (κ3) is 3.85. The Labute approximate surface area is 154 Å². The monoisotopic (exact) mass is 361 g/mol. The molecule has 0 unspecified atom stereocenters. The number of fused-ring (bicyclic) bond motifs is 1. The van der Waals surface area contributed by atoms with Crippen LogP contribution in [0.3, 0.4) is 0 Å². The number of ether oxygens (including phenoxy) is 2. The van der Waals surface area contributed by atoms with E-state index in [1.807, 2.05) is 6.07 Å². The number of aromatic nitrogens is 2. The molecule has 2 heterocycles. The van der Waals surface area contributed by atoms with Crippen molar-refractivity contribution in [1.82, 2.24) is 9.38 Å². The predicted molar refractivity (Wildman–Crippen MR) is 98.2 cm³/mol. The minimum absolute atomic E-state index is 0.00514. The van der Waals surface area contributed by atoms with E-state index in [9.17, 15) is 14.9 Å². The minimum Gasteiger partial charge on any atom is -0.462 e. The molecule has 7 nitrogen and oxygen atoms in total. The maximum Gasteiger partial charge on any atom is 0.348 e. The van der Waals surface area contributed by atoms with Crippen LogP contribution in [0.15, 0.2) is 65.1 Å². The molecule has 0 bridgehead atoms. The number of hydrogen-bond donors (Lipinski definition) is 0. The molecule has 0 radical (unpaired) electrons. The maximum absolute atomic E-state index is 12.9. The van der Waals surface area contributed by atoms with E-state index in [1.54, 1.807) is 61.7 Å². The summed E-state index contributed by atoms with van der Waals surface area (Å²) in [6.07, 6.45) is 2.69. The number of rotatable bonds is 5. The zero-order valence-electron chi connectivity index (χ0n) is 14.5. The number of nitriles is 1. The molecule has 3 aromatic rings. The molecule has 0 N–H and O–H groups in total. The predicted octanol–water partition coefficient (Wildman–Crippen LogP) is 2.96. The van der Waals surface area contributed by atoms with Crippen molar-refractivity contribution >= 4 is 17.7 Å². The van der Waals surface area contributed by atoms with Gasteiger partial charge in [0.05, 0.1) is 6.61 Å². The Morgan fingerprint density at radius 1 is 1.22 bits per heavy atom. The van der Waals surface area contributed by atoms with Crippen molar-refractivity contribution in [2.45, 2.75) is 6.92 Å².